The molecule has 0 spiro atoms. The monoisotopic (exact) mass is 285 g/mol. The second-order valence-electron chi connectivity index (χ2n) is 3.21. The highest BCUT2D eigenvalue weighted by atomic mass is 35.5. The number of thiophene rings is 1. The maximum atomic E-state index is 11.6. The highest BCUT2D eigenvalue weighted by Crippen LogP contribution is 2.30. The number of amides is 1. The van der Waals surface area contributed by atoms with Gasteiger partial charge in [-0.2, -0.15) is 0 Å². The highest BCUT2D eigenvalue weighted by Gasteiger charge is 2.14. The minimum Gasteiger partial charge on any atom is -0.352 e. The van der Waals surface area contributed by atoms with E-state index in [1.807, 2.05) is 6.92 Å². The standard InChI is InChI=1S/C9H10Cl3NOS/c1-5(3-10)4-13-9(14)6-2-7(11)15-8(6)12/h2,5H,3-4H2,1H3,(H,13,14). The van der Waals surface area contributed by atoms with Crippen molar-refractivity contribution in [3.63, 3.8) is 0 Å². The molecule has 0 saturated heterocycles. The second kappa shape index (κ2) is 5.94. The lowest BCUT2D eigenvalue weighted by Gasteiger charge is -2.08. The molecule has 15 heavy (non-hydrogen) atoms. The fraction of sp³-hybridized carbons (Fsp3) is 0.444. The molecule has 1 heterocycles. The van der Waals surface area contributed by atoms with Gasteiger partial charge in [0.05, 0.1) is 9.90 Å². The molecule has 1 aromatic heterocycles. The summed E-state index contributed by atoms with van der Waals surface area (Å²) in [5.41, 5.74) is 0.424. The molecule has 0 radical (unpaired) electrons. The van der Waals surface area contributed by atoms with Crippen molar-refractivity contribution in [3.05, 3.63) is 20.3 Å². The highest BCUT2D eigenvalue weighted by molar-refractivity contribution is 7.20. The van der Waals surface area contributed by atoms with Crippen LogP contribution in [0.25, 0.3) is 0 Å². The van der Waals surface area contributed by atoms with Gasteiger partial charge in [0.1, 0.15) is 4.34 Å². The number of hydrogen-bond acceptors (Lipinski definition) is 2. The molecule has 0 aliphatic rings. The van der Waals surface area contributed by atoms with Crippen LogP contribution in [0.5, 0.6) is 0 Å². The van der Waals surface area contributed by atoms with Crippen molar-refractivity contribution in [2.75, 3.05) is 12.4 Å². The number of rotatable bonds is 4. The number of halogens is 3. The molecule has 2 nitrogen and oxygen atoms in total. The lowest BCUT2D eigenvalue weighted by molar-refractivity contribution is 0.0950. The van der Waals surface area contributed by atoms with E-state index >= 15 is 0 Å². The molecule has 0 fully saturated rings. The van der Waals surface area contributed by atoms with Crippen LogP contribution in [-0.4, -0.2) is 18.3 Å². The molecular weight excluding hydrogens is 277 g/mol. The molecular formula is C9H10Cl3NOS. The van der Waals surface area contributed by atoms with Crippen LogP contribution in [0.1, 0.15) is 17.3 Å². The summed E-state index contributed by atoms with van der Waals surface area (Å²) in [6, 6.07) is 1.56. The third-order valence-electron chi connectivity index (χ3n) is 1.78. The molecule has 0 aliphatic heterocycles. The van der Waals surface area contributed by atoms with Crippen molar-refractivity contribution < 1.29 is 4.79 Å². The van der Waals surface area contributed by atoms with Gasteiger partial charge in [-0.15, -0.1) is 22.9 Å². The first kappa shape index (κ1) is 13.1. The van der Waals surface area contributed by atoms with Crippen molar-refractivity contribution >= 4 is 52.0 Å². The topological polar surface area (TPSA) is 29.1 Å². The number of hydrogen-bond donors (Lipinski definition) is 1. The number of carbonyl (C=O) groups is 1. The summed E-state index contributed by atoms with van der Waals surface area (Å²) in [7, 11) is 0. The first-order valence-corrected chi connectivity index (χ1v) is 6.44. The van der Waals surface area contributed by atoms with Crippen molar-refractivity contribution in [1.29, 1.82) is 0 Å². The summed E-state index contributed by atoms with van der Waals surface area (Å²) in [4.78, 5) is 11.6. The zero-order valence-corrected chi connectivity index (χ0v) is 11.1. The first-order valence-electron chi connectivity index (χ1n) is 4.33. The van der Waals surface area contributed by atoms with Gasteiger partial charge in [-0.3, -0.25) is 4.79 Å². The number of nitrogens with one attached hydrogen (secondary N) is 1. The molecule has 1 unspecified atom stereocenters. The molecule has 6 heteroatoms. The van der Waals surface area contributed by atoms with Gasteiger partial charge in [0, 0.05) is 12.4 Å². The van der Waals surface area contributed by atoms with E-state index in [-0.39, 0.29) is 11.8 Å². The van der Waals surface area contributed by atoms with Gasteiger partial charge in [0.25, 0.3) is 5.91 Å². The van der Waals surface area contributed by atoms with Gasteiger partial charge in [-0.25, -0.2) is 0 Å². The van der Waals surface area contributed by atoms with E-state index in [0.29, 0.717) is 26.7 Å². The Balaban J connectivity index is 2.58. The van der Waals surface area contributed by atoms with Crippen LogP contribution in [0, 0.1) is 5.92 Å². The minimum atomic E-state index is -0.208. The van der Waals surface area contributed by atoms with Crippen molar-refractivity contribution in [1.82, 2.24) is 5.32 Å². The van der Waals surface area contributed by atoms with Crippen LogP contribution in [-0.2, 0) is 0 Å². The summed E-state index contributed by atoms with van der Waals surface area (Å²) in [6.07, 6.45) is 0. The molecule has 0 saturated carbocycles. The molecule has 0 aromatic carbocycles. The second-order valence-corrected chi connectivity index (χ2v) is 5.80. The fourth-order valence-electron chi connectivity index (χ4n) is 0.912. The Morgan fingerprint density at radius 3 is 2.73 bits per heavy atom. The van der Waals surface area contributed by atoms with Crippen LogP contribution in [0.4, 0.5) is 0 Å². The molecule has 1 amide bonds. The van der Waals surface area contributed by atoms with Gasteiger partial charge < -0.3 is 5.32 Å². The molecule has 1 rings (SSSR count). The van der Waals surface area contributed by atoms with E-state index in [9.17, 15) is 4.79 Å². The van der Waals surface area contributed by atoms with Crippen molar-refractivity contribution in [3.8, 4) is 0 Å². The van der Waals surface area contributed by atoms with E-state index in [2.05, 4.69) is 5.32 Å². The maximum Gasteiger partial charge on any atom is 0.253 e. The van der Waals surface area contributed by atoms with Crippen molar-refractivity contribution in [2.24, 2.45) is 5.92 Å². The smallest absolute Gasteiger partial charge is 0.253 e. The number of carbonyl (C=O) groups excluding carboxylic acids is 1. The van der Waals surface area contributed by atoms with E-state index in [1.54, 1.807) is 6.07 Å². The fourth-order valence-corrected chi connectivity index (χ4v) is 2.48. The molecule has 1 atom stereocenters. The Kier molecular flexibility index (Phi) is 5.19. The average Bonchev–Trinajstić information content (AvgIpc) is 2.53. The molecule has 84 valence electrons. The summed E-state index contributed by atoms with van der Waals surface area (Å²) in [5, 5.41) is 2.74. The SMILES string of the molecule is CC(CCl)CNC(=O)c1cc(Cl)sc1Cl. The lowest BCUT2D eigenvalue weighted by atomic mass is 10.2. The zero-order valence-electron chi connectivity index (χ0n) is 8.02. The van der Waals surface area contributed by atoms with Crippen LogP contribution in [0.15, 0.2) is 6.07 Å². The van der Waals surface area contributed by atoms with Crippen molar-refractivity contribution in [2.45, 2.75) is 6.92 Å². The Bertz CT molecular complexity index is 353. The zero-order chi connectivity index (χ0) is 11.4. The largest absolute Gasteiger partial charge is 0.352 e. The summed E-state index contributed by atoms with van der Waals surface area (Å²) >= 11 is 18.4. The van der Waals surface area contributed by atoms with Gasteiger partial charge in [-0.1, -0.05) is 30.1 Å². The predicted octanol–water partition coefficient (Wildman–Crippen LogP) is 3.66. The van der Waals surface area contributed by atoms with Gasteiger partial charge >= 0.3 is 0 Å². The van der Waals surface area contributed by atoms with E-state index in [4.69, 9.17) is 34.8 Å². The van der Waals surface area contributed by atoms with Crippen LogP contribution >= 0.6 is 46.1 Å². The normalized spacial score (nSPS) is 12.5. The summed E-state index contributed by atoms with van der Waals surface area (Å²) < 4.78 is 0.923. The first-order chi connectivity index (χ1) is 7.04. The van der Waals surface area contributed by atoms with Crippen LogP contribution < -0.4 is 5.32 Å². The molecule has 1 N–H and O–H groups in total. The minimum absolute atomic E-state index is 0.208. The molecule has 0 aliphatic carbocycles. The van der Waals surface area contributed by atoms with E-state index in [0.717, 1.165) is 0 Å². The Labute approximate surface area is 108 Å². The quantitative estimate of drug-likeness (QED) is 0.841. The maximum absolute atomic E-state index is 11.6. The third-order valence-corrected chi connectivity index (χ3v) is 3.79. The lowest BCUT2D eigenvalue weighted by Crippen LogP contribution is -2.28. The Hall–Kier alpha value is 0.0400. The summed E-state index contributed by atoms with van der Waals surface area (Å²) in [5.74, 6) is 0.543. The van der Waals surface area contributed by atoms with Gasteiger partial charge in [0.15, 0.2) is 0 Å². The predicted molar refractivity (Wildman–Crippen MR) is 66.6 cm³/mol. The summed E-state index contributed by atoms with van der Waals surface area (Å²) in [6.45, 7) is 2.49. The average molecular weight is 287 g/mol. The molecule has 0 bridgehead atoms. The third kappa shape index (κ3) is 3.83. The van der Waals surface area contributed by atoms with Gasteiger partial charge in [-0.05, 0) is 12.0 Å². The Morgan fingerprint density at radius 2 is 2.27 bits per heavy atom. The van der Waals surface area contributed by atoms with E-state index in [1.165, 1.54) is 11.3 Å². The van der Waals surface area contributed by atoms with Gasteiger partial charge in [0.2, 0.25) is 0 Å². The van der Waals surface area contributed by atoms with Crippen LogP contribution in [0.2, 0.25) is 8.67 Å². The van der Waals surface area contributed by atoms with Crippen LogP contribution in [0.3, 0.4) is 0 Å². The molecule has 1 aromatic rings. The Morgan fingerprint density at radius 1 is 1.60 bits per heavy atom. The number of alkyl halides is 1. The van der Waals surface area contributed by atoms with E-state index < -0.39 is 0 Å².